The third-order valence-corrected chi connectivity index (χ3v) is 7.17. The number of rotatable bonds is 6. The molecule has 1 aliphatic heterocycles. The molecule has 10 nitrogen and oxygen atoms in total. The average Bonchev–Trinajstić information content (AvgIpc) is 2.83. The van der Waals surface area contributed by atoms with Gasteiger partial charge in [0.1, 0.15) is 11.5 Å². The van der Waals surface area contributed by atoms with Gasteiger partial charge in [0, 0.05) is 53.9 Å². The van der Waals surface area contributed by atoms with E-state index in [9.17, 15) is 18.0 Å². The lowest BCUT2D eigenvalue weighted by molar-refractivity contribution is 0.0730. The molecule has 1 amide bonds. The van der Waals surface area contributed by atoms with E-state index in [1.54, 1.807) is 18.2 Å². The molecule has 1 saturated heterocycles. The summed E-state index contributed by atoms with van der Waals surface area (Å²) < 4.78 is 43.2. The van der Waals surface area contributed by atoms with Crippen LogP contribution in [0.2, 0.25) is 0 Å². The Morgan fingerprint density at radius 2 is 1.70 bits per heavy atom. The molecule has 174 valence electrons. The Bertz CT molecular complexity index is 1340. The fourth-order valence-electron chi connectivity index (χ4n) is 3.60. The van der Waals surface area contributed by atoms with E-state index >= 15 is 0 Å². The van der Waals surface area contributed by atoms with E-state index in [1.807, 2.05) is 0 Å². The van der Waals surface area contributed by atoms with Crippen molar-refractivity contribution in [3.8, 4) is 11.5 Å². The van der Waals surface area contributed by atoms with E-state index in [1.165, 1.54) is 36.7 Å². The first kappa shape index (κ1) is 22.8. The van der Waals surface area contributed by atoms with Crippen LogP contribution in [-0.2, 0) is 14.8 Å². The summed E-state index contributed by atoms with van der Waals surface area (Å²) >= 11 is 0. The summed E-state index contributed by atoms with van der Waals surface area (Å²) in [6.07, 6.45) is 0. The largest absolute Gasteiger partial charge is 0.497 e. The second-order valence-corrected chi connectivity index (χ2v) is 9.26. The summed E-state index contributed by atoms with van der Waals surface area (Å²) in [5.41, 5.74) is 0.285. The van der Waals surface area contributed by atoms with Gasteiger partial charge in [-0.15, -0.1) is 0 Å². The Hall–Kier alpha value is -3.41. The molecule has 2 heterocycles. The van der Waals surface area contributed by atoms with Crippen LogP contribution in [0.1, 0.15) is 10.4 Å². The Kier molecular flexibility index (Phi) is 6.36. The van der Waals surface area contributed by atoms with Crippen molar-refractivity contribution in [2.45, 2.75) is 4.90 Å². The molecule has 2 aromatic carbocycles. The van der Waals surface area contributed by atoms with Crippen molar-refractivity contribution in [3.05, 3.63) is 58.4 Å². The topological polar surface area (TPSA) is 127 Å². The molecule has 0 atom stereocenters. The van der Waals surface area contributed by atoms with E-state index in [0.29, 0.717) is 41.3 Å². The number of nitrogens with zero attached hydrogens (tertiary/aromatic N) is 1. The Morgan fingerprint density at radius 1 is 1.03 bits per heavy atom. The van der Waals surface area contributed by atoms with Gasteiger partial charge in [0.05, 0.1) is 37.9 Å². The first-order chi connectivity index (χ1) is 15.8. The molecule has 33 heavy (non-hydrogen) atoms. The van der Waals surface area contributed by atoms with Crippen LogP contribution in [0.4, 0.5) is 5.69 Å². The van der Waals surface area contributed by atoms with Crippen LogP contribution in [0.5, 0.6) is 11.5 Å². The van der Waals surface area contributed by atoms with Gasteiger partial charge in [-0.3, -0.25) is 9.59 Å². The van der Waals surface area contributed by atoms with Crippen LogP contribution in [0.25, 0.3) is 10.9 Å². The predicted octanol–water partition coefficient (Wildman–Crippen LogP) is 1.82. The van der Waals surface area contributed by atoms with E-state index in [0.717, 1.165) is 6.07 Å². The molecule has 11 heteroatoms. The van der Waals surface area contributed by atoms with Crippen LogP contribution in [-0.4, -0.2) is 64.1 Å². The highest BCUT2D eigenvalue weighted by Gasteiger charge is 2.27. The minimum Gasteiger partial charge on any atom is -0.497 e. The molecule has 0 bridgehead atoms. The number of nitrogens with one attached hydrogen (secondary N) is 2. The standard InChI is InChI=1S/C22H23N3O7S/c1-30-15-9-14(10-16(11-15)31-2)23-22(27)19-13-21(26)24-20-4-3-17(12-18(19)20)33(28,29)25-5-7-32-8-6-25/h3-4,9-13H,5-8H2,1-2H3,(H,23,27)(H,24,26). The van der Waals surface area contributed by atoms with E-state index < -0.39 is 21.5 Å². The number of hydrogen-bond acceptors (Lipinski definition) is 7. The van der Waals surface area contributed by atoms with Gasteiger partial charge in [-0.25, -0.2) is 8.42 Å². The van der Waals surface area contributed by atoms with Crippen molar-refractivity contribution in [1.82, 2.24) is 9.29 Å². The number of aromatic amines is 1. The first-order valence-electron chi connectivity index (χ1n) is 10.1. The van der Waals surface area contributed by atoms with Crippen molar-refractivity contribution in [2.75, 3.05) is 45.8 Å². The van der Waals surface area contributed by atoms with Crippen molar-refractivity contribution < 1.29 is 27.4 Å². The van der Waals surface area contributed by atoms with Crippen LogP contribution >= 0.6 is 0 Å². The van der Waals surface area contributed by atoms with Gasteiger partial charge >= 0.3 is 0 Å². The number of carbonyl (C=O) groups excluding carboxylic acids is 1. The van der Waals surface area contributed by atoms with Gasteiger partial charge in [0.2, 0.25) is 15.6 Å². The maximum absolute atomic E-state index is 13.1. The maximum Gasteiger partial charge on any atom is 0.256 e. The molecule has 2 N–H and O–H groups in total. The van der Waals surface area contributed by atoms with E-state index in [2.05, 4.69) is 10.3 Å². The molecular formula is C22H23N3O7S. The SMILES string of the molecule is COc1cc(NC(=O)c2cc(=O)[nH]c3ccc(S(=O)(=O)N4CCOCC4)cc23)cc(OC)c1. The molecule has 1 aliphatic rings. The number of morpholine rings is 1. The third-order valence-electron chi connectivity index (χ3n) is 5.28. The van der Waals surface area contributed by atoms with Crippen LogP contribution in [0, 0.1) is 0 Å². The van der Waals surface area contributed by atoms with Crippen LogP contribution < -0.4 is 20.3 Å². The number of benzene rings is 2. The number of carbonyl (C=O) groups is 1. The predicted molar refractivity (Wildman–Crippen MR) is 122 cm³/mol. The summed E-state index contributed by atoms with van der Waals surface area (Å²) in [6, 6.07) is 10.3. The Labute approximate surface area is 190 Å². The smallest absolute Gasteiger partial charge is 0.256 e. The number of pyridine rings is 1. The quantitative estimate of drug-likeness (QED) is 0.559. The van der Waals surface area contributed by atoms with Crippen molar-refractivity contribution in [2.24, 2.45) is 0 Å². The number of hydrogen-bond donors (Lipinski definition) is 2. The highest BCUT2D eigenvalue weighted by Crippen LogP contribution is 2.27. The van der Waals surface area contributed by atoms with Gasteiger partial charge in [-0.05, 0) is 18.2 Å². The molecule has 0 radical (unpaired) electrons. The summed E-state index contributed by atoms with van der Waals surface area (Å²) in [6.45, 7) is 1.13. The Morgan fingerprint density at radius 3 is 2.33 bits per heavy atom. The first-order valence-corrected chi connectivity index (χ1v) is 11.6. The molecule has 0 unspecified atom stereocenters. The summed E-state index contributed by atoms with van der Waals surface area (Å²) in [7, 11) is -0.812. The Balaban J connectivity index is 1.75. The minimum absolute atomic E-state index is 0.0287. The van der Waals surface area contributed by atoms with Crippen LogP contribution in [0.15, 0.2) is 52.2 Å². The lowest BCUT2D eigenvalue weighted by atomic mass is 10.1. The van der Waals surface area contributed by atoms with Gasteiger partial charge in [-0.2, -0.15) is 4.31 Å². The third kappa shape index (κ3) is 4.70. The zero-order valence-corrected chi connectivity index (χ0v) is 18.9. The second kappa shape index (κ2) is 9.22. The zero-order chi connectivity index (χ0) is 23.6. The molecule has 0 spiro atoms. The zero-order valence-electron chi connectivity index (χ0n) is 18.1. The van der Waals surface area contributed by atoms with Gasteiger partial charge in [0.25, 0.3) is 5.91 Å². The number of anilines is 1. The lowest BCUT2D eigenvalue weighted by Crippen LogP contribution is -2.40. The fraction of sp³-hybridized carbons (Fsp3) is 0.273. The number of amides is 1. The second-order valence-electron chi connectivity index (χ2n) is 7.33. The number of methoxy groups -OCH3 is 2. The van der Waals surface area contributed by atoms with Crippen molar-refractivity contribution in [1.29, 1.82) is 0 Å². The lowest BCUT2D eigenvalue weighted by Gasteiger charge is -2.26. The van der Waals surface area contributed by atoms with E-state index in [-0.39, 0.29) is 23.5 Å². The molecule has 0 aliphatic carbocycles. The van der Waals surface area contributed by atoms with Crippen molar-refractivity contribution >= 4 is 32.5 Å². The summed E-state index contributed by atoms with van der Waals surface area (Å²) in [4.78, 5) is 28.0. The van der Waals surface area contributed by atoms with Gasteiger partial charge < -0.3 is 24.5 Å². The molecular weight excluding hydrogens is 450 g/mol. The minimum atomic E-state index is -3.79. The van der Waals surface area contributed by atoms with Gasteiger partial charge in [0.15, 0.2) is 0 Å². The number of H-pyrrole nitrogens is 1. The number of fused-ring (bicyclic) bond motifs is 1. The highest BCUT2D eigenvalue weighted by atomic mass is 32.2. The summed E-state index contributed by atoms with van der Waals surface area (Å²) in [5.74, 6) is 0.362. The maximum atomic E-state index is 13.1. The van der Waals surface area contributed by atoms with E-state index in [4.69, 9.17) is 14.2 Å². The summed E-state index contributed by atoms with van der Waals surface area (Å²) in [5, 5.41) is 3.02. The molecule has 1 aromatic heterocycles. The normalized spacial score (nSPS) is 14.7. The fourth-order valence-corrected chi connectivity index (χ4v) is 5.03. The molecule has 3 aromatic rings. The molecule has 0 saturated carbocycles. The number of ether oxygens (including phenoxy) is 3. The van der Waals surface area contributed by atoms with Crippen LogP contribution in [0.3, 0.4) is 0 Å². The van der Waals surface area contributed by atoms with Gasteiger partial charge in [-0.1, -0.05) is 0 Å². The highest BCUT2D eigenvalue weighted by molar-refractivity contribution is 7.89. The number of sulfonamides is 1. The number of aromatic nitrogens is 1. The molecule has 4 rings (SSSR count). The molecule has 1 fully saturated rings. The monoisotopic (exact) mass is 473 g/mol. The average molecular weight is 474 g/mol. The van der Waals surface area contributed by atoms with Crippen molar-refractivity contribution in [3.63, 3.8) is 0 Å².